The van der Waals surface area contributed by atoms with Gasteiger partial charge in [-0.25, -0.2) is 9.18 Å². The second-order valence-electron chi connectivity index (χ2n) is 3.71. The van der Waals surface area contributed by atoms with Crippen molar-refractivity contribution >= 4 is 5.97 Å². The molecular formula is C13H10FNO4. The molecular weight excluding hydrogens is 253 g/mol. The average molecular weight is 263 g/mol. The first-order valence-electron chi connectivity index (χ1n) is 5.35. The van der Waals surface area contributed by atoms with Gasteiger partial charge >= 0.3 is 11.7 Å². The van der Waals surface area contributed by atoms with Gasteiger partial charge in [-0.2, -0.15) is 4.73 Å². The summed E-state index contributed by atoms with van der Waals surface area (Å²) in [7, 11) is 1.34. The van der Waals surface area contributed by atoms with Crippen LogP contribution in [-0.2, 0) is 0 Å². The summed E-state index contributed by atoms with van der Waals surface area (Å²) >= 11 is 0. The largest absolute Gasteiger partial charge is 0.618 e. The smallest absolute Gasteiger partial charge is 0.402 e. The van der Waals surface area contributed by atoms with E-state index >= 15 is 0 Å². The number of ether oxygens (including phenoxy) is 1. The third-order valence-corrected chi connectivity index (χ3v) is 2.62. The molecule has 1 N–H and O–H groups in total. The Bertz CT molecular complexity index is 643. The highest BCUT2D eigenvalue weighted by atomic mass is 19.1. The van der Waals surface area contributed by atoms with Crippen molar-refractivity contribution in [2.24, 2.45) is 0 Å². The zero-order chi connectivity index (χ0) is 14.0. The lowest BCUT2D eigenvalue weighted by Gasteiger charge is -2.10. The lowest BCUT2D eigenvalue weighted by molar-refractivity contribution is -0.596. The Kier molecular flexibility index (Phi) is 3.33. The fourth-order valence-electron chi connectivity index (χ4n) is 1.76. The molecule has 19 heavy (non-hydrogen) atoms. The minimum atomic E-state index is -1.38. The number of carboxylic acid groups (broad SMARTS) is 1. The molecule has 0 saturated carbocycles. The summed E-state index contributed by atoms with van der Waals surface area (Å²) in [5.41, 5.74) is -0.666. The van der Waals surface area contributed by atoms with Crippen LogP contribution in [0.5, 0.6) is 5.75 Å². The minimum absolute atomic E-state index is 0.0666. The molecule has 0 amide bonds. The number of nitrogens with zero attached hydrogens (tertiary/aromatic N) is 1. The monoisotopic (exact) mass is 263 g/mol. The van der Waals surface area contributed by atoms with Gasteiger partial charge in [0, 0.05) is 12.1 Å². The first-order valence-corrected chi connectivity index (χ1v) is 5.35. The number of rotatable bonds is 3. The van der Waals surface area contributed by atoms with Gasteiger partial charge in [0.25, 0.3) is 0 Å². The van der Waals surface area contributed by atoms with Crippen LogP contribution in [-0.4, -0.2) is 18.2 Å². The van der Waals surface area contributed by atoms with E-state index < -0.39 is 17.5 Å². The molecule has 1 aromatic heterocycles. The summed E-state index contributed by atoms with van der Waals surface area (Å²) < 4.78 is 19.0. The number of methoxy groups -OCH3 is 1. The Labute approximate surface area is 108 Å². The summed E-state index contributed by atoms with van der Waals surface area (Å²) in [6.45, 7) is 0. The summed E-state index contributed by atoms with van der Waals surface area (Å²) in [6, 6.07) is 7.95. The lowest BCUT2D eigenvalue weighted by Crippen LogP contribution is -2.37. The van der Waals surface area contributed by atoms with Crippen LogP contribution in [0, 0.1) is 11.0 Å². The van der Waals surface area contributed by atoms with E-state index in [0.29, 0.717) is 0 Å². The Morgan fingerprint density at radius 2 is 2.00 bits per heavy atom. The standard InChI is InChI=1S/C13H10FNO4/c1-19-11-7-2-4-8(14)12(11)9-5-3-6-10(13(16)17)15(9)18/h2-7H,1H3,(H,16,17). The van der Waals surface area contributed by atoms with Crippen LogP contribution < -0.4 is 9.47 Å². The average Bonchev–Trinajstić information content (AvgIpc) is 2.39. The Balaban J connectivity index is 2.73. The summed E-state index contributed by atoms with van der Waals surface area (Å²) in [5.74, 6) is -1.88. The third kappa shape index (κ3) is 2.20. The van der Waals surface area contributed by atoms with Crippen molar-refractivity contribution in [3.8, 4) is 17.0 Å². The second-order valence-corrected chi connectivity index (χ2v) is 3.71. The molecule has 0 saturated heterocycles. The van der Waals surface area contributed by atoms with Crippen LogP contribution in [0.2, 0.25) is 0 Å². The Morgan fingerprint density at radius 3 is 2.63 bits per heavy atom. The van der Waals surface area contributed by atoms with E-state index in [-0.39, 0.29) is 21.7 Å². The maximum absolute atomic E-state index is 13.9. The fourth-order valence-corrected chi connectivity index (χ4v) is 1.76. The SMILES string of the molecule is COc1cccc(F)c1-c1cccc(C(=O)O)[n+]1[O-]. The van der Waals surface area contributed by atoms with Crippen LogP contribution in [0.15, 0.2) is 36.4 Å². The van der Waals surface area contributed by atoms with Gasteiger partial charge in [-0.1, -0.05) is 6.07 Å². The fraction of sp³-hybridized carbons (Fsp3) is 0.0769. The molecule has 0 aliphatic carbocycles. The highest BCUT2D eigenvalue weighted by Gasteiger charge is 2.23. The van der Waals surface area contributed by atoms with Crippen molar-refractivity contribution in [1.82, 2.24) is 0 Å². The number of aromatic nitrogens is 1. The molecule has 0 fully saturated rings. The van der Waals surface area contributed by atoms with E-state index in [1.807, 2.05) is 0 Å². The van der Waals surface area contributed by atoms with E-state index in [0.717, 1.165) is 6.07 Å². The predicted molar refractivity (Wildman–Crippen MR) is 64.3 cm³/mol. The number of benzene rings is 1. The van der Waals surface area contributed by atoms with E-state index in [1.165, 1.54) is 37.4 Å². The molecule has 2 rings (SSSR count). The van der Waals surface area contributed by atoms with Gasteiger partial charge in [-0.3, -0.25) is 0 Å². The molecule has 0 spiro atoms. The zero-order valence-electron chi connectivity index (χ0n) is 9.96. The maximum atomic E-state index is 13.9. The topological polar surface area (TPSA) is 73.5 Å². The van der Waals surface area contributed by atoms with Crippen molar-refractivity contribution in [2.75, 3.05) is 7.11 Å². The molecule has 0 radical (unpaired) electrons. The number of hydrogen-bond acceptors (Lipinski definition) is 3. The number of halogens is 1. The predicted octanol–water partition coefficient (Wildman–Crippen LogP) is 1.83. The highest BCUT2D eigenvalue weighted by Crippen LogP contribution is 2.30. The van der Waals surface area contributed by atoms with Crippen molar-refractivity contribution in [3.63, 3.8) is 0 Å². The van der Waals surface area contributed by atoms with Gasteiger partial charge in [0.05, 0.1) is 7.11 Å². The number of hydrogen-bond donors (Lipinski definition) is 1. The van der Waals surface area contributed by atoms with Gasteiger partial charge in [0.15, 0.2) is 0 Å². The quantitative estimate of drug-likeness (QED) is 0.677. The molecule has 0 aliphatic heterocycles. The lowest BCUT2D eigenvalue weighted by atomic mass is 10.1. The van der Waals surface area contributed by atoms with Gasteiger partial charge < -0.3 is 15.1 Å². The van der Waals surface area contributed by atoms with Gasteiger partial charge in [0.2, 0.25) is 5.69 Å². The molecule has 0 bridgehead atoms. The van der Waals surface area contributed by atoms with Gasteiger partial charge in [-0.05, 0) is 18.2 Å². The molecule has 1 heterocycles. The first-order chi connectivity index (χ1) is 9.06. The van der Waals surface area contributed by atoms with Crippen LogP contribution in [0.4, 0.5) is 4.39 Å². The molecule has 98 valence electrons. The highest BCUT2D eigenvalue weighted by molar-refractivity contribution is 5.84. The second kappa shape index (κ2) is 4.93. The van der Waals surface area contributed by atoms with Crippen molar-refractivity contribution in [1.29, 1.82) is 0 Å². The summed E-state index contributed by atoms with van der Waals surface area (Å²) in [6.07, 6.45) is 0. The van der Waals surface area contributed by atoms with Crippen LogP contribution in [0.25, 0.3) is 11.3 Å². The van der Waals surface area contributed by atoms with Crippen molar-refractivity contribution in [2.45, 2.75) is 0 Å². The number of carboxylic acids is 1. The normalized spacial score (nSPS) is 10.2. The van der Waals surface area contributed by atoms with Gasteiger partial charge in [-0.15, -0.1) is 0 Å². The van der Waals surface area contributed by atoms with Crippen LogP contribution in [0.3, 0.4) is 0 Å². The van der Waals surface area contributed by atoms with Crippen LogP contribution >= 0.6 is 0 Å². The number of aromatic carboxylic acids is 1. The molecule has 6 heteroatoms. The number of pyridine rings is 1. The van der Waals surface area contributed by atoms with Gasteiger partial charge in [0.1, 0.15) is 17.1 Å². The summed E-state index contributed by atoms with van der Waals surface area (Å²) in [4.78, 5) is 10.9. The van der Waals surface area contributed by atoms with Crippen LogP contribution in [0.1, 0.15) is 10.5 Å². The summed E-state index contributed by atoms with van der Waals surface area (Å²) in [5, 5.41) is 20.8. The maximum Gasteiger partial charge on any atom is 0.402 e. The Morgan fingerprint density at radius 1 is 1.32 bits per heavy atom. The Hall–Kier alpha value is -2.63. The molecule has 5 nitrogen and oxygen atoms in total. The first kappa shape index (κ1) is 12.8. The molecule has 2 aromatic rings. The molecule has 0 unspecified atom stereocenters. The minimum Gasteiger partial charge on any atom is -0.618 e. The third-order valence-electron chi connectivity index (χ3n) is 2.62. The molecule has 1 aromatic carbocycles. The van der Waals surface area contributed by atoms with E-state index in [1.54, 1.807) is 0 Å². The number of carbonyl (C=O) groups is 1. The van der Waals surface area contributed by atoms with Crippen molar-refractivity contribution in [3.05, 3.63) is 53.1 Å². The van der Waals surface area contributed by atoms with E-state index in [2.05, 4.69) is 0 Å². The van der Waals surface area contributed by atoms with E-state index in [9.17, 15) is 14.4 Å². The van der Waals surface area contributed by atoms with Crippen molar-refractivity contribution < 1.29 is 23.8 Å². The molecule has 0 atom stereocenters. The van der Waals surface area contributed by atoms with E-state index in [4.69, 9.17) is 9.84 Å². The zero-order valence-corrected chi connectivity index (χ0v) is 9.96. The molecule has 0 aliphatic rings.